The Morgan fingerprint density at radius 2 is 2.07 bits per heavy atom. The molecule has 27 heavy (non-hydrogen) atoms. The highest BCUT2D eigenvalue weighted by atomic mass is 16.4. The summed E-state index contributed by atoms with van der Waals surface area (Å²) in [6.45, 7) is 0.482. The molecule has 2 heterocycles. The molecule has 7 heteroatoms. The maximum Gasteiger partial charge on any atom is 0.330 e. The van der Waals surface area contributed by atoms with Gasteiger partial charge in [-0.2, -0.15) is 0 Å². The van der Waals surface area contributed by atoms with E-state index in [0.29, 0.717) is 32.2 Å². The molecule has 0 bridgehead atoms. The summed E-state index contributed by atoms with van der Waals surface area (Å²) in [5, 5.41) is 12.4. The van der Waals surface area contributed by atoms with E-state index in [9.17, 15) is 24.3 Å². The average Bonchev–Trinajstić information content (AvgIpc) is 3.11. The monoisotopic (exact) mass is 376 g/mol. The summed E-state index contributed by atoms with van der Waals surface area (Å²) in [4.78, 5) is 50.2. The maximum absolute atomic E-state index is 13.0. The first-order valence-electron chi connectivity index (χ1n) is 9.96. The van der Waals surface area contributed by atoms with Crippen LogP contribution in [-0.4, -0.2) is 52.2 Å². The molecule has 0 aromatic heterocycles. The standard InChI is InChI=1S/C20H28N2O5/c23-12-10-14-7-4-2-1-3-5-8-15-13-20(15,19(26)27)21-17(24)16-9-6-11-22(16)18(14)25/h5,8,12,14-16H,1-4,6-7,9-11,13H2,(H,21,24)(H,26,27)/b8-5-/t14-,15?,16-,20?/m0/s1. The van der Waals surface area contributed by atoms with Gasteiger partial charge in [0.25, 0.3) is 0 Å². The zero-order valence-corrected chi connectivity index (χ0v) is 15.6. The van der Waals surface area contributed by atoms with Crippen molar-refractivity contribution in [2.75, 3.05) is 6.54 Å². The summed E-state index contributed by atoms with van der Waals surface area (Å²) in [6, 6.07) is -0.641. The van der Waals surface area contributed by atoms with E-state index >= 15 is 0 Å². The summed E-state index contributed by atoms with van der Waals surface area (Å²) in [6.07, 6.45) is 10.8. The summed E-state index contributed by atoms with van der Waals surface area (Å²) in [7, 11) is 0. The molecule has 1 aliphatic carbocycles. The minimum atomic E-state index is -1.24. The number of carboxylic acid groups (broad SMARTS) is 1. The highest BCUT2D eigenvalue weighted by Crippen LogP contribution is 2.45. The quantitative estimate of drug-likeness (QED) is 0.576. The van der Waals surface area contributed by atoms with Crippen molar-refractivity contribution in [2.24, 2.45) is 11.8 Å². The van der Waals surface area contributed by atoms with Gasteiger partial charge in [-0.25, -0.2) is 4.79 Å². The number of rotatable bonds is 3. The molecule has 7 nitrogen and oxygen atoms in total. The number of aliphatic carboxylic acids is 1. The second-order valence-corrected chi connectivity index (χ2v) is 7.93. The Bertz CT molecular complexity index is 646. The largest absolute Gasteiger partial charge is 0.479 e. The Morgan fingerprint density at radius 3 is 2.81 bits per heavy atom. The smallest absolute Gasteiger partial charge is 0.330 e. The molecule has 2 fully saturated rings. The molecule has 1 saturated heterocycles. The average molecular weight is 376 g/mol. The number of nitrogens with zero attached hydrogens (tertiary/aromatic N) is 1. The molecule has 1 saturated carbocycles. The van der Waals surface area contributed by atoms with Crippen molar-refractivity contribution in [2.45, 2.75) is 69.4 Å². The highest BCUT2D eigenvalue weighted by Gasteiger charge is 2.61. The number of nitrogens with one attached hydrogen (secondary N) is 1. The molecule has 3 rings (SSSR count). The number of hydrogen-bond donors (Lipinski definition) is 2. The van der Waals surface area contributed by atoms with E-state index in [-0.39, 0.29) is 24.2 Å². The summed E-state index contributed by atoms with van der Waals surface area (Å²) in [5.74, 6) is -2.15. The van der Waals surface area contributed by atoms with Crippen molar-refractivity contribution in [1.82, 2.24) is 10.2 Å². The van der Waals surface area contributed by atoms with Gasteiger partial charge in [0.05, 0.1) is 0 Å². The fourth-order valence-electron chi connectivity index (χ4n) is 4.35. The van der Waals surface area contributed by atoms with E-state index < -0.39 is 23.5 Å². The predicted molar refractivity (Wildman–Crippen MR) is 97.7 cm³/mol. The normalized spacial score (nSPS) is 35.9. The maximum atomic E-state index is 13.0. The number of carboxylic acids is 1. The van der Waals surface area contributed by atoms with Crippen LogP contribution in [0.15, 0.2) is 12.2 Å². The third-order valence-electron chi connectivity index (χ3n) is 6.10. The summed E-state index contributed by atoms with van der Waals surface area (Å²) in [5.41, 5.74) is -1.24. The van der Waals surface area contributed by atoms with E-state index in [0.717, 1.165) is 32.0 Å². The number of carbonyl (C=O) groups excluding carboxylic acids is 3. The van der Waals surface area contributed by atoms with Crippen molar-refractivity contribution in [3.63, 3.8) is 0 Å². The van der Waals surface area contributed by atoms with Crippen LogP contribution >= 0.6 is 0 Å². The third kappa shape index (κ3) is 4.06. The topological polar surface area (TPSA) is 104 Å². The zero-order chi connectivity index (χ0) is 19.4. The van der Waals surface area contributed by atoms with Gasteiger partial charge in [0, 0.05) is 24.8 Å². The summed E-state index contributed by atoms with van der Waals surface area (Å²) < 4.78 is 0. The minimum Gasteiger partial charge on any atom is -0.479 e. The second-order valence-electron chi connectivity index (χ2n) is 7.93. The van der Waals surface area contributed by atoms with Gasteiger partial charge in [0.2, 0.25) is 11.8 Å². The minimum absolute atomic E-state index is 0.149. The van der Waals surface area contributed by atoms with Crippen LogP contribution in [0, 0.1) is 11.8 Å². The lowest BCUT2D eigenvalue weighted by Gasteiger charge is -2.28. The van der Waals surface area contributed by atoms with Gasteiger partial charge < -0.3 is 20.1 Å². The zero-order valence-electron chi connectivity index (χ0n) is 15.6. The molecule has 2 amide bonds. The lowest BCUT2D eigenvalue weighted by Crippen LogP contribution is -2.53. The molecule has 2 N–H and O–H groups in total. The SMILES string of the molecule is O=CC[C@@H]1CCCCC/C=C\C2CC2(C(=O)O)NC(=O)[C@@H]2CCCN2C1=O. The fraction of sp³-hybridized carbons (Fsp3) is 0.700. The molecule has 4 atom stereocenters. The van der Waals surface area contributed by atoms with Crippen LogP contribution in [-0.2, 0) is 19.2 Å². The molecule has 3 aliphatic rings. The van der Waals surface area contributed by atoms with Crippen molar-refractivity contribution in [3.05, 3.63) is 12.2 Å². The lowest BCUT2D eigenvalue weighted by molar-refractivity contribution is -0.146. The molecular weight excluding hydrogens is 348 g/mol. The van der Waals surface area contributed by atoms with E-state index in [1.54, 1.807) is 4.90 Å². The molecule has 2 aliphatic heterocycles. The molecular formula is C20H28N2O5. The van der Waals surface area contributed by atoms with Gasteiger partial charge in [-0.05, 0) is 38.5 Å². The van der Waals surface area contributed by atoms with Crippen LogP contribution in [0.3, 0.4) is 0 Å². The van der Waals surface area contributed by atoms with E-state index in [2.05, 4.69) is 5.32 Å². The number of allylic oxidation sites excluding steroid dienone is 1. The van der Waals surface area contributed by atoms with E-state index in [1.807, 2.05) is 12.2 Å². The van der Waals surface area contributed by atoms with Crippen LogP contribution < -0.4 is 5.32 Å². The molecule has 0 aromatic rings. The Labute approximate surface area is 159 Å². The van der Waals surface area contributed by atoms with Gasteiger partial charge in [-0.1, -0.05) is 25.0 Å². The van der Waals surface area contributed by atoms with E-state index in [4.69, 9.17) is 0 Å². The first-order chi connectivity index (χ1) is 13.0. The Balaban J connectivity index is 1.82. The van der Waals surface area contributed by atoms with Crippen LogP contribution in [0.25, 0.3) is 0 Å². The van der Waals surface area contributed by atoms with Gasteiger partial charge >= 0.3 is 5.97 Å². The Hall–Kier alpha value is -2.18. The number of hydrogen-bond acceptors (Lipinski definition) is 4. The van der Waals surface area contributed by atoms with Crippen molar-refractivity contribution in [3.8, 4) is 0 Å². The van der Waals surface area contributed by atoms with Crippen LogP contribution in [0.1, 0.15) is 57.8 Å². The molecule has 0 spiro atoms. The number of aldehydes is 1. The third-order valence-corrected chi connectivity index (χ3v) is 6.10. The molecule has 0 radical (unpaired) electrons. The van der Waals surface area contributed by atoms with Crippen molar-refractivity contribution in [1.29, 1.82) is 0 Å². The molecule has 0 aromatic carbocycles. The van der Waals surface area contributed by atoms with Gasteiger partial charge in [0.1, 0.15) is 17.9 Å². The second kappa shape index (κ2) is 8.23. The van der Waals surface area contributed by atoms with Gasteiger partial charge in [-0.3, -0.25) is 9.59 Å². The number of amides is 2. The summed E-state index contributed by atoms with van der Waals surface area (Å²) >= 11 is 0. The number of carbonyl (C=O) groups is 4. The van der Waals surface area contributed by atoms with Gasteiger partial charge in [-0.15, -0.1) is 0 Å². The van der Waals surface area contributed by atoms with Crippen LogP contribution in [0.2, 0.25) is 0 Å². The Kier molecular flexibility index (Phi) is 5.97. The fourth-order valence-corrected chi connectivity index (χ4v) is 4.35. The van der Waals surface area contributed by atoms with Crippen LogP contribution in [0.5, 0.6) is 0 Å². The first-order valence-corrected chi connectivity index (χ1v) is 9.96. The number of fused-ring (bicyclic) bond motifs is 2. The highest BCUT2D eigenvalue weighted by molar-refractivity contribution is 5.95. The van der Waals surface area contributed by atoms with Crippen molar-refractivity contribution < 1.29 is 24.3 Å². The Morgan fingerprint density at radius 1 is 1.26 bits per heavy atom. The van der Waals surface area contributed by atoms with Gasteiger partial charge in [0.15, 0.2) is 0 Å². The first kappa shape index (κ1) is 19.6. The van der Waals surface area contributed by atoms with E-state index in [1.165, 1.54) is 0 Å². The lowest BCUT2D eigenvalue weighted by atomic mass is 9.96. The van der Waals surface area contributed by atoms with Crippen molar-refractivity contribution >= 4 is 24.1 Å². The molecule has 2 unspecified atom stereocenters. The molecule has 148 valence electrons. The van der Waals surface area contributed by atoms with Crippen LogP contribution in [0.4, 0.5) is 0 Å². The predicted octanol–water partition coefficient (Wildman–Crippen LogP) is 1.66.